The van der Waals surface area contributed by atoms with Gasteiger partial charge in [0.15, 0.2) is 0 Å². The minimum Gasteiger partial charge on any atom is -0.371 e. The van der Waals surface area contributed by atoms with Crippen LogP contribution in [-0.2, 0) is 13.0 Å². The maximum atomic E-state index is 13.1. The van der Waals surface area contributed by atoms with Crippen LogP contribution in [0.1, 0.15) is 72.4 Å². The molecule has 3 heterocycles. The van der Waals surface area contributed by atoms with Gasteiger partial charge in [-0.15, -0.1) is 0 Å². The van der Waals surface area contributed by atoms with E-state index in [0.717, 1.165) is 42.0 Å². The van der Waals surface area contributed by atoms with Crippen LogP contribution < -0.4 is 10.2 Å². The van der Waals surface area contributed by atoms with E-state index in [1.54, 1.807) is 0 Å². The molecule has 1 amide bonds. The second-order valence-corrected chi connectivity index (χ2v) is 9.22. The van der Waals surface area contributed by atoms with E-state index < -0.39 is 0 Å². The first-order valence-electron chi connectivity index (χ1n) is 13.3. The van der Waals surface area contributed by atoms with E-state index in [4.69, 9.17) is 0 Å². The van der Waals surface area contributed by atoms with Gasteiger partial charge in [0.1, 0.15) is 11.3 Å². The number of nitrogens with one attached hydrogen (secondary N) is 1. The molecule has 188 valence electrons. The first-order chi connectivity index (χ1) is 17.6. The van der Waals surface area contributed by atoms with Crippen molar-refractivity contribution in [2.75, 3.05) is 18.0 Å². The molecular weight excluding hydrogens is 444 g/mol. The molecule has 0 saturated carbocycles. The predicted octanol–water partition coefficient (Wildman–Crippen LogP) is 6.55. The van der Waals surface area contributed by atoms with Gasteiger partial charge in [-0.3, -0.25) is 9.20 Å². The molecule has 1 fully saturated rings. The minimum absolute atomic E-state index is 0.0815. The molecule has 0 bridgehead atoms. The lowest BCUT2D eigenvalue weighted by molar-refractivity contribution is 0.0944. The lowest BCUT2D eigenvalue weighted by Crippen LogP contribution is -2.32. The molecule has 0 atom stereocenters. The van der Waals surface area contributed by atoms with Gasteiger partial charge in [0.05, 0.1) is 5.69 Å². The molecular formula is C31H38N4O. The van der Waals surface area contributed by atoms with Crippen molar-refractivity contribution >= 4 is 17.2 Å². The van der Waals surface area contributed by atoms with Crippen molar-refractivity contribution in [3.63, 3.8) is 0 Å². The minimum atomic E-state index is -0.0815. The van der Waals surface area contributed by atoms with Crippen LogP contribution in [0.4, 0.5) is 5.69 Å². The highest BCUT2D eigenvalue weighted by Gasteiger charge is 2.21. The Morgan fingerprint density at radius 1 is 0.972 bits per heavy atom. The summed E-state index contributed by atoms with van der Waals surface area (Å²) in [7, 11) is 0. The highest BCUT2D eigenvalue weighted by Crippen LogP contribution is 2.30. The third-order valence-electron chi connectivity index (χ3n) is 6.91. The average Bonchev–Trinajstić information content (AvgIpc) is 3.31. The van der Waals surface area contributed by atoms with E-state index in [-0.39, 0.29) is 5.91 Å². The molecule has 2 aromatic heterocycles. The second kappa shape index (κ2) is 11.9. The number of aromatic nitrogens is 2. The van der Waals surface area contributed by atoms with Crippen LogP contribution in [0.5, 0.6) is 0 Å². The molecule has 5 heteroatoms. The molecule has 0 spiro atoms. The molecule has 0 aliphatic carbocycles. The van der Waals surface area contributed by atoms with Gasteiger partial charge in [0.25, 0.3) is 5.91 Å². The number of aryl methyl sites for hydroxylation is 2. The van der Waals surface area contributed by atoms with E-state index in [9.17, 15) is 4.79 Å². The van der Waals surface area contributed by atoms with Crippen LogP contribution in [0.2, 0.25) is 0 Å². The van der Waals surface area contributed by atoms with Crippen LogP contribution in [0, 0.1) is 6.92 Å². The molecule has 5 nitrogen and oxygen atoms in total. The molecule has 1 N–H and O–H groups in total. The summed E-state index contributed by atoms with van der Waals surface area (Å²) in [4.78, 5) is 20.2. The zero-order valence-corrected chi connectivity index (χ0v) is 22.0. The number of carbonyl (C=O) groups is 1. The highest BCUT2D eigenvalue weighted by atomic mass is 16.1. The van der Waals surface area contributed by atoms with Crippen molar-refractivity contribution in [1.82, 2.24) is 14.7 Å². The lowest BCUT2D eigenvalue weighted by atomic mass is 9.89. The Morgan fingerprint density at radius 3 is 2.33 bits per heavy atom. The number of rotatable bonds is 6. The van der Waals surface area contributed by atoms with E-state index in [2.05, 4.69) is 69.8 Å². The largest absolute Gasteiger partial charge is 0.371 e. The predicted molar refractivity (Wildman–Crippen MR) is 149 cm³/mol. The first kappa shape index (κ1) is 25.5. The number of pyridine rings is 1. The van der Waals surface area contributed by atoms with E-state index >= 15 is 0 Å². The summed E-state index contributed by atoms with van der Waals surface area (Å²) in [6, 6.07) is 23.5. The highest BCUT2D eigenvalue weighted by molar-refractivity contribution is 5.94. The van der Waals surface area contributed by atoms with Crippen molar-refractivity contribution in [3.8, 4) is 0 Å². The van der Waals surface area contributed by atoms with Gasteiger partial charge < -0.3 is 10.2 Å². The third kappa shape index (κ3) is 5.62. The molecule has 0 unspecified atom stereocenters. The number of piperidine rings is 1. The monoisotopic (exact) mass is 482 g/mol. The Kier molecular flexibility index (Phi) is 8.42. The zero-order valence-electron chi connectivity index (χ0n) is 22.0. The lowest BCUT2D eigenvalue weighted by Gasteiger charge is -2.34. The Hall–Kier alpha value is -3.60. The summed E-state index contributed by atoms with van der Waals surface area (Å²) in [5.74, 6) is 0.574. The first-order valence-corrected chi connectivity index (χ1v) is 13.3. The summed E-state index contributed by atoms with van der Waals surface area (Å²) in [6.07, 6.45) is 5.06. The van der Waals surface area contributed by atoms with Gasteiger partial charge in [-0.2, -0.15) is 0 Å². The summed E-state index contributed by atoms with van der Waals surface area (Å²) in [5.41, 5.74) is 7.20. The summed E-state index contributed by atoms with van der Waals surface area (Å²) >= 11 is 0. The normalized spacial score (nSPS) is 13.8. The smallest absolute Gasteiger partial charge is 0.270 e. The Bertz CT molecular complexity index is 1270. The maximum absolute atomic E-state index is 13.1. The number of imidazole rings is 1. The summed E-state index contributed by atoms with van der Waals surface area (Å²) in [6.45, 7) is 10.7. The Morgan fingerprint density at radius 2 is 1.67 bits per heavy atom. The van der Waals surface area contributed by atoms with Crippen LogP contribution in [-0.4, -0.2) is 28.4 Å². The maximum Gasteiger partial charge on any atom is 0.270 e. The van der Waals surface area contributed by atoms with Gasteiger partial charge in [-0.1, -0.05) is 69.3 Å². The van der Waals surface area contributed by atoms with Gasteiger partial charge >= 0.3 is 0 Å². The van der Waals surface area contributed by atoms with Crippen molar-refractivity contribution in [2.45, 2.75) is 59.4 Å². The molecule has 1 aliphatic rings. The molecule has 36 heavy (non-hydrogen) atoms. The second-order valence-electron chi connectivity index (χ2n) is 9.22. The number of hydrogen-bond donors (Lipinski definition) is 1. The SMILES string of the molecule is CC.CCc1nc2ccc(C)cn2c1C(=O)NCc1ccc(N2CCC(c3ccccc3)CC2)cc1. The average molecular weight is 483 g/mol. The van der Waals surface area contributed by atoms with Crippen molar-refractivity contribution in [1.29, 1.82) is 0 Å². The van der Waals surface area contributed by atoms with Crippen molar-refractivity contribution < 1.29 is 4.79 Å². The molecule has 0 radical (unpaired) electrons. The van der Waals surface area contributed by atoms with Crippen LogP contribution >= 0.6 is 0 Å². The van der Waals surface area contributed by atoms with E-state index in [1.807, 2.05) is 50.4 Å². The molecule has 1 saturated heterocycles. The topological polar surface area (TPSA) is 49.6 Å². The quantitative estimate of drug-likeness (QED) is 0.339. The van der Waals surface area contributed by atoms with Gasteiger partial charge in [0.2, 0.25) is 0 Å². The Balaban J connectivity index is 0.00000148. The number of benzene rings is 2. The molecule has 4 aromatic rings. The number of amides is 1. The van der Waals surface area contributed by atoms with E-state index in [0.29, 0.717) is 18.2 Å². The van der Waals surface area contributed by atoms with Crippen molar-refractivity contribution in [2.24, 2.45) is 0 Å². The fourth-order valence-electron chi connectivity index (χ4n) is 4.97. The Labute approximate surface area is 215 Å². The van der Waals surface area contributed by atoms with Gasteiger partial charge in [-0.05, 0) is 67.0 Å². The zero-order chi connectivity index (χ0) is 25.5. The van der Waals surface area contributed by atoms with Crippen LogP contribution in [0.3, 0.4) is 0 Å². The summed E-state index contributed by atoms with van der Waals surface area (Å²) in [5, 5.41) is 3.10. The van der Waals surface area contributed by atoms with Crippen LogP contribution in [0.15, 0.2) is 72.9 Å². The molecule has 2 aromatic carbocycles. The van der Waals surface area contributed by atoms with Gasteiger partial charge in [-0.25, -0.2) is 4.98 Å². The number of nitrogens with zero attached hydrogens (tertiary/aromatic N) is 3. The number of anilines is 1. The van der Waals surface area contributed by atoms with Gasteiger partial charge in [0, 0.05) is 31.5 Å². The standard InChI is InChI=1S/C29H32N4O.C2H6/c1-3-26-28(33-20-21(2)9-14-27(33)31-26)29(34)30-19-22-10-12-25(13-11-22)32-17-15-24(16-18-32)23-7-5-4-6-8-23;1-2/h4-14,20,24H,3,15-19H2,1-2H3,(H,30,34);1-2H3. The number of carbonyl (C=O) groups excluding carboxylic acids is 1. The number of hydrogen-bond acceptors (Lipinski definition) is 3. The summed E-state index contributed by atoms with van der Waals surface area (Å²) < 4.78 is 1.91. The molecule has 1 aliphatic heterocycles. The van der Waals surface area contributed by atoms with Crippen molar-refractivity contribution in [3.05, 3.63) is 101 Å². The van der Waals surface area contributed by atoms with Crippen LogP contribution in [0.25, 0.3) is 5.65 Å². The third-order valence-corrected chi connectivity index (χ3v) is 6.91. The molecule has 5 rings (SSSR count). The number of fused-ring (bicyclic) bond motifs is 1. The van der Waals surface area contributed by atoms with E-state index in [1.165, 1.54) is 24.1 Å². The fourth-order valence-corrected chi connectivity index (χ4v) is 4.97. The fraction of sp³-hybridized carbons (Fsp3) is 0.355.